The van der Waals surface area contributed by atoms with E-state index < -0.39 is 5.82 Å². The highest BCUT2D eigenvalue weighted by atomic mass is 79.9. The van der Waals surface area contributed by atoms with Crippen molar-refractivity contribution in [2.24, 2.45) is 0 Å². The monoisotopic (exact) mass is 451 g/mol. The Bertz CT molecular complexity index is 1060. The van der Waals surface area contributed by atoms with E-state index in [9.17, 15) is 9.65 Å². The summed E-state index contributed by atoms with van der Waals surface area (Å²) in [5.74, 6) is 0.706. The molecule has 0 aliphatic rings. The van der Waals surface area contributed by atoms with Gasteiger partial charge >= 0.3 is 0 Å². The molecule has 0 aromatic heterocycles. The van der Waals surface area contributed by atoms with E-state index in [1.807, 2.05) is 37.3 Å². The van der Waals surface area contributed by atoms with Gasteiger partial charge in [0.05, 0.1) is 18.2 Å². The van der Waals surface area contributed by atoms with Gasteiger partial charge in [-0.3, -0.25) is 0 Å². The lowest BCUT2D eigenvalue weighted by Gasteiger charge is -2.14. The smallest absolute Gasteiger partial charge is 0.162 e. The van der Waals surface area contributed by atoms with E-state index in [-0.39, 0.29) is 11.1 Å². The maximum Gasteiger partial charge on any atom is 0.162 e. The first-order valence-electron chi connectivity index (χ1n) is 9.12. The highest BCUT2D eigenvalue weighted by Gasteiger charge is 2.13. The van der Waals surface area contributed by atoms with Gasteiger partial charge in [0.25, 0.3) is 0 Å². The number of benzene rings is 3. The lowest BCUT2D eigenvalue weighted by Crippen LogP contribution is -2.00. The Kier molecular flexibility index (Phi) is 7.04. The van der Waals surface area contributed by atoms with Crippen molar-refractivity contribution in [2.45, 2.75) is 13.5 Å². The number of allylic oxidation sites excluding steroid dienone is 1. The van der Waals surface area contributed by atoms with E-state index in [0.717, 1.165) is 5.56 Å². The van der Waals surface area contributed by atoms with Crippen molar-refractivity contribution >= 4 is 27.6 Å². The van der Waals surface area contributed by atoms with Gasteiger partial charge < -0.3 is 9.47 Å². The summed E-state index contributed by atoms with van der Waals surface area (Å²) in [5.41, 5.74) is 2.22. The number of nitriles is 1. The van der Waals surface area contributed by atoms with Crippen molar-refractivity contribution < 1.29 is 13.9 Å². The summed E-state index contributed by atoms with van der Waals surface area (Å²) in [5, 5.41) is 9.54. The minimum absolute atomic E-state index is 0.226. The fraction of sp³-hybridized carbons (Fsp3) is 0.125. The molecule has 0 N–H and O–H groups in total. The number of rotatable bonds is 7. The predicted molar refractivity (Wildman–Crippen MR) is 116 cm³/mol. The topological polar surface area (TPSA) is 42.2 Å². The van der Waals surface area contributed by atoms with Crippen LogP contribution in [-0.2, 0) is 6.61 Å². The van der Waals surface area contributed by atoms with Crippen molar-refractivity contribution in [1.29, 1.82) is 5.26 Å². The first-order valence-corrected chi connectivity index (χ1v) is 9.91. The first kappa shape index (κ1) is 20.6. The highest BCUT2D eigenvalue weighted by molar-refractivity contribution is 9.10. The molecule has 0 saturated heterocycles. The molecule has 0 aliphatic carbocycles. The van der Waals surface area contributed by atoms with Gasteiger partial charge in [-0.15, -0.1) is 0 Å². The van der Waals surface area contributed by atoms with E-state index in [4.69, 9.17) is 9.47 Å². The van der Waals surface area contributed by atoms with Crippen LogP contribution in [0.5, 0.6) is 11.5 Å². The molecule has 3 aromatic carbocycles. The number of hydrogen-bond donors (Lipinski definition) is 0. The maximum atomic E-state index is 14.1. The average molecular weight is 452 g/mol. The van der Waals surface area contributed by atoms with Crippen LogP contribution in [0.15, 0.2) is 71.2 Å². The number of ether oxygens (including phenoxy) is 2. The summed E-state index contributed by atoms with van der Waals surface area (Å²) in [6.45, 7) is 2.75. The van der Waals surface area contributed by atoms with Crippen LogP contribution >= 0.6 is 15.9 Å². The van der Waals surface area contributed by atoms with Crippen LogP contribution in [0.1, 0.15) is 23.6 Å². The fourth-order valence-corrected chi connectivity index (χ4v) is 3.22. The van der Waals surface area contributed by atoms with Crippen LogP contribution in [0, 0.1) is 17.1 Å². The molecular formula is C24H19BrFNO2. The molecule has 3 aromatic rings. The van der Waals surface area contributed by atoms with Crippen LogP contribution in [0.4, 0.5) is 4.39 Å². The molecule has 29 heavy (non-hydrogen) atoms. The van der Waals surface area contributed by atoms with Crippen LogP contribution in [0.25, 0.3) is 11.6 Å². The molecule has 3 rings (SSSR count). The molecule has 0 aliphatic heterocycles. The summed E-state index contributed by atoms with van der Waals surface area (Å²) in [6.07, 6.45) is 1.63. The largest absolute Gasteiger partial charge is 0.490 e. The third kappa shape index (κ3) is 5.24. The van der Waals surface area contributed by atoms with Gasteiger partial charge in [-0.05, 0) is 42.3 Å². The molecular weight excluding hydrogens is 433 g/mol. The molecule has 146 valence electrons. The number of halogens is 2. The van der Waals surface area contributed by atoms with Gasteiger partial charge in [0, 0.05) is 10.0 Å². The van der Waals surface area contributed by atoms with Crippen molar-refractivity contribution in [3.63, 3.8) is 0 Å². The summed E-state index contributed by atoms with van der Waals surface area (Å²) < 4.78 is 26.5. The van der Waals surface area contributed by atoms with E-state index in [0.29, 0.717) is 34.7 Å². The molecule has 0 radical (unpaired) electrons. The van der Waals surface area contributed by atoms with Crippen LogP contribution in [-0.4, -0.2) is 6.61 Å². The Balaban J connectivity index is 1.95. The van der Waals surface area contributed by atoms with Crippen LogP contribution < -0.4 is 9.47 Å². The molecule has 5 heteroatoms. The minimum Gasteiger partial charge on any atom is -0.490 e. The van der Waals surface area contributed by atoms with E-state index >= 15 is 0 Å². The zero-order chi connectivity index (χ0) is 20.6. The standard InChI is InChI=1S/C24H19BrFNO2/c1-2-28-23-13-18(12-19(15-27)20-10-6-7-11-22(20)26)21(25)14-24(23)29-16-17-8-4-3-5-9-17/h3-14H,2,16H2,1H3/b19-12-. The Morgan fingerprint density at radius 3 is 2.41 bits per heavy atom. The van der Waals surface area contributed by atoms with E-state index in [2.05, 4.69) is 22.0 Å². The number of nitrogens with zero attached hydrogens (tertiary/aromatic N) is 1. The van der Waals surface area contributed by atoms with Crippen molar-refractivity contribution in [3.05, 3.63) is 93.7 Å². The highest BCUT2D eigenvalue weighted by Crippen LogP contribution is 2.36. The molecule has 0 bridgehead atoms. The second-order valence-electron chi connectivity index (χ2n) is 6.18. The molecule has 0 atom stereocenters. The normalized spacial score (nSPS) is 11.0. The second-order valence-corrected chi connectivity index (χ2v) is 7.03. The van der Waals surface area contributed by atoms with Crippen LogP contribution in [0.3, 0.4) is 0 Å². The van der Waals surface area contributed by atoms with Crippen molar-refractivity contribution in [3.8, 4) is 17.6 Å². The molecule has 0 saturated carbocycles. The summed E-state index contributed by atoms with van der Waals surface area (Å²) >= 11 is 3.52. The predicted octanol–water partition coefficient (Wildman–Crippen LogP) is 6.63. The summed E-state index contributed by atoms with van der Waals surface area (Å²) in [7, 11) is 0. The average Bonchev–Trinajstić information content (AvgIpc) is 2.74. The third-order valence-electron chi connectivity index (χ3n) is 4.18. The minimum atomic E-state index is -0.440. The van der Waals surface area contributed by atoms with Gasteiger partial charge in [0.2, 0.25) is 0 Å². The van der Waals surface area contributed by atoms with E-state index in [1.54, 1.807) is 36.4 Å². The Labute approximate surface area is 178 Å². The SMILES string of the molecule is CCOc1cc(/C=C(/C#N)c2ccccc2F)c(Br)cc1OCc1ccccc1. The molecule has 0 heterocycles. The Morgan fingerprint density at radius 2 is 1.72 bits per heavy atom. The molecule has 3 nitrogen and oxygen atoms in total. The molecule has 0 amide bonds. The van der Waals surface area contributed by atoms with Gasteiger partial charge in [-0.1, -0.05) is 64.5 Å². The van der Waals surface area contributed by atoms with Gasteiger partial charge in [-0.25, -0.2) is 4.39 Å². The summed E-state index contributed by atoms with van der Waals surface area (Å²) in [4.78, 5) is 0. The molecule has 0 spiro atoms. The zero-order valence-electron chi connectivity index (χ0n) is 15.9. The van der Waals surface area contributed by atoms with Crippen molar-refractivity contribution in [1.82, 2.24) is 0 Å². The zero-order valence-corrected chi connectivity index (χ0v) is 17.4. The fourth-order valence-electron chi connectivity index (χ4n) is 2.78. The number of hydrogen-bond acceptors (Lipinski definition) is 3. The Hall–Kier alpha value is -3.10. The summed E-state index contributed by atoms with van der Waals surface area (Å²) in [6, 6.07) is 21.7. The third-order valence-corrected chi connectivity index (χ3v) is 4.87. The van der Waals surface area contributed by atoms with E-state index in [1.165, 1.54) is 6.07 Å². The molecule has 0 fully saturated rings. The van der Waals surface area contributed by atoms with Gasteiger partial charge in [-0.2, -0.15) is 5.26 Å². The van der Waals surface area contributed by atoms with Crippen LogP contribution in [0.2, 0.25) is 0 Å². The quantitative estimate of drug-likeness (QED) is 0.299. The second kappa shape index (κ2) is 9.90. The Morgan fingerprint density at radius 1 is 1.03 bits per heavy atom. The first-order chi connectivity index (χ1) is 14.1. The maximum absolute atomic E-state index is 14.1. The van der Waals surface area contributed by atoms with Crippen molar-refractivity contribution in [2.75, 3.05) is 6.61 Å². The lowest BCUT2D eigenvalue weighted by atomic mass is 10.0. The molecule has 0 unspecified atom stereocenters. The van der Waals surface area contributed by atoms with Gasteiger partial charge in [0.15, 0.2) is 11.5 Å². The van der Waals surface area contributed by atoms with Gasteiger partial charge in [0.1, 0.15) is 12.4 Å². The lowest BCUT2D eigenvalue weighted by molar-refractivity contribution is 0.269.